The van der Waals surface area contributed by atoms with Crippen LogP contribution in [0.15, 0.2) is 46.8 Å². The highest BCUT2D eigenvalue weighted by Crippen LogP contribution is 2.45. The zero-order chi connectivity index (χ0) is 22.5. The molecule has 8 heteroatoms. The van der Waals surface area contributed by atoms with Crippen molar-refractivity contribution in [3.63, 3.8) is 0 Å². The monoisotopic (exact) mass is 428 g/mol. The van der Waals surface area contributed by atoms with Gasteiger partial charge in [0.25, 0.3) is 5.69 Å². The van der Waals surface area contributed by atoms with Crippen LogP contribution in [0, 0.1) is 10.1 Å². The second kappa shape index (κ2) is 9.76. The molecule has 1 unspecified atom stereocenters. The standard InChI is InChI=1S/C23H28N2O6/c1-4-30-22(26)19-15(3)24-13-8-6-7-12-18(24)21(23(27)31-5-2)20(19)16-10-9-11-17(14-16)25(28)29/h9-11,14,20H,4-8,12-13H2,1-3H3. The number of ether oxygens (including phenoxy) is 2. The number of nitro groups is 1. The molecule has 0 radical (unpaired) electrons. The lowest BCUT2D eigenvalue weighted by molar-refractivity contribution is -0.384. The Hall–Kier alpha value is -3.16. The van der Waals surface area contributed by atoms with E-state index < -0.39 is 22.8 Å². The Morgan fingerprint density at radius 1 is 1.10 bits per heavy atom. The molecule has 2 aliphatic rings. The molecule has 1 aromatic carbocycles. The van der Waals surface area contributed by atoms with Gasteiger partial charge in [0, 0.05) is 30.1 Å². The number of esters is 2. The first-order valence-corrected chi connectivity index (χ1v) is 10.7. The van der Waals surface area contributed by atoms with Gasteiger partial charge in [0.05, 0.1) is 35.2 Å². The minimum Gasteiger partial charge on any atom is -0.463 e. The third-order valence-electron chi connectivity index (χ3n) is 5.71. The molecule has 166 valence electrons. The van der Waals surface area contributed by atoms with Gasteiger partial charge in [-0.1, -0.05) is 18.6 Å². The molecule has 0 amide bonds. The summed E-state index contributed by atoms with van der Waals surface area (Å²) in [6.45, 7) is 6.36. The second-order valence-electron chi connectivity index (χ2n) is 7.55. The van der Waals surface area contributed by atoms with Gasteiger partial charge in [-0.15, -0.1) is 0 Å². The molecular weight excluding hydrogens is 400 g/mol. The van der Waals surface area contributed by atoms with Crippen LogP contribution in [0.4, 0.5) is 5.69 Å². The van der Waals surface area contributed by atoms with Crippen LogP contribution in [0.5, 0.6) is 0 Å². The van der Waals surface area contributed by atoms with Crippen LogP contribution in [-0.4, -0.2) is 41.5 Å². The molecule has 0 N–H and O–H groups in total. The highest BCUT2D eigenvalue weighted by Gasteiger charge is 2.42. The topological polar surface area (TPSA) is 99.0 Å². The quantitative estimate of drug-likeness (QED) is 0.380. The van der Waals surface area contributed by atoms with Crippen molar-refractivity contribution in [1.29, 1.82) is 0 Å². The highest BCUT2D eigenvalue weighted by atomic mass is 16.6. The minimum atomic E-state index is -0.789. The summed E-state index contributed by atoms with van der Waals surface area (Å²) < 4.78 is 10.7. The fraction of sp³-hybridized carbons (Fsp3) is 0.478. The number of carbonyl (C=O) groups excluding carboxylic acids is 2. The predicted octanol–water partition coefficient (Wildman–Crippen LogP) is 4.22. The Labute approximate surface area is 181 Å². The third-order valence-corrected chi connectivity index (χ3v) is 5.71. The van der Waals surface area contributed by atoms with Gasteiger partial charge in [-0.2, -0.15) is 0 Å². The summed E-state index contributed by atoms with van der Waals surface area (Å²) in [5, 5.41) is 11.4. The molecule has 31 heavy (non-hydrogen) atoms. The first kappa shape index (κ1) is 22.5. The molecule has 1 aromatic rings. The van der Waals surface area contributed by atoms with E-state index in [1.807, 2.05) is 11.8 Å². The molecule has 1 saturated heterocycles. The second-order valence-corrected chi connectivity index (χ2v) is 7.55. The summed E-state index contributed by atoms with van der Waals surface area (Å²) in [5.74, 6) is -1.82. The Morgan fingerprint density at radius 3 is 2.42 bits per heavy atom. The summed E-state index contributed by atoms with van der Waals surface area (Å²) in [5.41, 5.74) is 2.65. The van der Waals surface area contributed by atoms with Crippen LogP contribution in [0.2, 0.25) is 0 Å². The number of carbonyl (C=O) groups is 2. The van der Waals surface area contributed by atoms with Crippen molar-refractivity contribution in [1.82, 2.24) is 4.90 Å². The maximum atomic E-state index is 13.2. The summed E-state index contributed by atoms with van der Waals surface area (Å²) in [6, 6.07) is 6.08. The van der Waals surface area contributed by atoms with E-state index in [-0.39, 0.29) is 18.9 Å². The maximum absolute atomic E-state index is 13.2. The summed E-state index contributed by atoms with van der Waals surface area (Å²) in [4.78, 5) is 39.2. The largest absolute Gasteiger partial charge is 0.463 e. The predicted molar refractivity (Wildman–Crippen MR) is 114 cm³/mol. The number of non-ortho nitro benzene ring substituents is 1. The Balaban J connectivity index is 2.28. The van der Waals surface area contributed by atoms with Gasteiger partial charge in [-0.05, 0) is 45.6 Å². The van der Waals surface area contributed by atoms with E-state index in [0.29, 0.717) is 29.7 Å². The maximum Gasteiger partial charge on any atom is 0.336 e. The Bertz CT molecular complexity index is 949. The number of nitrogens with zero attached hydrogens (tertiary/aromatic N) is 2. The van der Waals surface area contributed by atoms with Crippen molar-refractivity contribution < 1.29 is 24.0 Å². The fourth-order valence-corrected chi connectivity index (χ4v) is 4.39. The summed E-state index contributed by atoms with van der Waals surface area (Å²) >= 11 is 0. The van der Waals surface area contributed by atoms with Crippen LogP contribution in [0.25, 0.3) is 0 Å². The van der Waals surface area contributed by atoms with Gasteiger partial charge in [0.15, 0.2) is 0 Å². The summed E-state index contributed by atoms with van der Waals surface area (Å²) in [6.07, 6.45) is 3.54. The molecule has 2 aliphatic heterocycles. The van der Waals surface area contributed by atoms with E-state index in [0.717, 1.165) is 30.7 Å². The zero-order valence-electron chi connectivity index (χ0n) is 18.2. The Kier molecular flexibility index (Phi) is 7.09. The van der Waals surface area contributed by atoms with Crippen LogP contribution >= 0.6 is 0 Å². The van der Waals surface area contributed by atoms with Crippen molar-refractivity contribution in [2.24, 2.45) is 0 Å². The lowest BCUT2D eigenvalue weighted by Gasteiger charge is -2.38. The normalized spacial score (nSPS) is 18.9. The highest BCUT2D eigenvalue weighted by molar-refractivity contribution is 6.00. The smallest absolute Gasteiger partial charge is 0.336 e. The van der Waals surface area contributed by atoms with E-state index in [4.69, 9.17) is 9.47 Å². The van der Waals surface area contributed by atoms with Gasteiger partial charge < -0.3 is 14.4 Å². The lowest BCUT2D eigenvalue weighted by atomic mass is 9.79. The first-order valence-electron chi connectivity index (χ1n) is 10.7. The van der Waals surface area contributed by atoms with E-state index in [1.54, 1.807) is 26.0 Å². The molecule has 8 nitrogen and oxygen atoms in total. The number of hydrogen-bond donors (Lipinski definition) is 0. The number of rotatable bonds is 6. The molecule has 1 atom stereocenters. The van der Waals surface area contributed by atoms with Gasteiger partial charge in [-0.25, -0.2) is 9.59 Å². The van der Waals surface area contributed by atoms with Crippen LogP contribution in [0.3, 0.4) is 0 Å². The molecule has 0 aromatic heterocycles. The van der Waals surface area contributed by atoms with Gasteiger partial charge in [0.1, 0.15) is 0 Å². The SMILES string of the molecule is CCOC(=O)C1=C(C)N2CCCCCC2=C(C(=O)OCC)C1c1cccc([N+](=O)[O-])c1. The van der Waals surface area contributed by atoms with Gasteiger partial charge in [0.2, 0.25) is 0 Å². The van der Waals surface area contributed by atoms with Gasteiger partial charge in [-0.3, -0.25) is 10.1 Å². The van der Waals surface area contributed by atoms with Crippen LogP contribution < -0.4 is 0 Å². The number of nitro benzene ring substituents is 1. The number of fused-ring (bicyclic) bond motifs is 1. The lowest BCUT2D eigenvalue weighted by Crippen LogP contribution is -2.36. The molecular formula is C23H28N2O6. The van der Waals surface area contributed by atoms with E-state index in [1.165, 1.54) is 12.1 Å². The molecule has 1 fully saturated rings. The van der Waals surface area contributed by atoms with Crippen molar-refractivity contribution in [2.45, 2.75) is 52.4 Å². The van der Waals surface area contributed by atoms with E-state index >= 15 is 0 Å². The molecule has 0 saturated carbocycles. The number of hydrogen-bond acceptors (Lipinski definition) is 7. The molecule has 0 aliphatic carbocycles. The number of allylic oxidation sites excluding steroid dienone is 2. The van der Waals surface area contributed by atoms with Crippen LogP contribution in [0.1, 0.15) is 57.9 Å². The van der Waals surface area contributed by atoms with Gasteiger partial charge >= 0.3 is 11.9 Å². The average molecular weight is 428 g/mol. The summed E-state index contributed by atoms with van der Waals surface area (Å²) in [7, 11) is 0. The van der Waals surface area contributed by atoms with E-state index in [9.17, 15) is 19.7 Å². The molecule has 2 heterocycles. The van der Waals surface area contributed by atoms with Crippen LogP contribution in [-0.2, 0) is 19.1 Å². The van der Waals surface area contributed by atoms with E-state index in [2.05, 4.69) is 0 Å². The average Bonchev–Trinajstić information content (AvgIpc) is 3.00. The molecule has 0 spiro atoms. The van der Waals surface area contributed by atoms with Crippen molar-refractivity contribution in [3.8, 4) is 0 Å². The fourth-order valence-electron chi connectivity index (χ4n) is 4.39. The Morgan fingerprint density at radius 2 is 1.77 bits per heavy atom. The third kappa shape index (κ3) is 4.47. The zero-order valence-corrected chi connectivity index (χ0v) is 18.2. The van der Waals surface area contributed by atoms with Crippen molar-refractivity contribution >= 4 is 17.6 Å². The molecule has 0 bridgehead atoms. The van der Waals surface area contributed by atoms with Crippen molar-refractivity contribution in [2.75, 3.05) is 19.8 Å². The molecule has 3 rings (SSSR count). The van der Waals surface area contributed by atoms with Crippen molar-refractivity contribution in [3.05, 3.63) is 62.5 Å². The minimum absolute atomic E-state index is 0.102. The first-order chi connectivity index (χ1) is 14.9. The number of benzene rings is 1.